The van der Waals surface area contributed by atoms with Gasteiger partial charge in [0.2, 0.25) is 5.91 Å². The topological polar surface area (TPSA) is 111 Å². The van der Waals surface area contributed by atoms with Crippen molar-refractivity contribution in [2.45, 2.75) is 24.5 Å². The maximum Gasteiger partial charge on any atom is 0.339 e. The lowest BCUT2D eigenvalue weighted by Gasteiger charge is -2.09. The summed E-state index contributed by atoms with van der Waals surface area (Å²) in [6.45, 7) is 3.45. The first-order valence-corrected chi connectivity index (χ1v) is 9.32. The molecule has 0 saturated heterocycles. The van der Waals surface area contributed by atoms with E-state index in [0.29, 0.717) is 22.8 Å². The van der Waals surface area contributed by atoms with Gasteiger partial charge in [-0.25, -0.2) is 4.79 Å². The van der Waals surface area contributed by atoms with E-state index in [4.69, 9.17) is 9.26 Å². The third-order valence-electron chi connectivity index (χ3n) is 3.31. The minimum Gasteiger partial charge on any atom is -0.452 e. The first-order chi connectivity index (χ1) is 13.0. The van der Waals surface area contributed by atoms with Gasteiger partial charge in [0.1, 0.15) is 5.76 Å². The van der Waals surface area contributed by atoms with Crippen molar-refractivity contribution in [1.82, 2.24) is 15.8 Å². The predicted octanol–water partition coefficient (Wildman–Crippen LogP) is 1.68. The van der Waals surface area contributed by atoms with Gasteiger partial charge in [-0.2, -0.15) is 0 Å². The van der Waals surface area contributed by atoms with E-state index in [9.17, 15) is 14.4 Å². The molecule has 27 heavy (non-hydrogen) atoms. The van der Waals surface area contributed by atoms with Crippen LogP contribution in [0.4, 0.5) is 0 Å². The second-order valence-corrected chi connectivity index (χ2v) is 6.54. The Bertz CT molecular complexity index is 806. The molecule has 2 rings (SSSR count). The van der Waals surface area contributed by atoms with Crippen molar-refractivity contribution in [3.8, 4) is 0 Å². The number of esters is 1. The molecule has 0 fully saturated rings. The molecule has 1 heterocycles. The highest BCUT2D eigenvalue weighted by molar-refractivity contribution is 7.98. The molecule has 8 nitrogen and oxygen atoms in total. The maximum atomic E-state index is 12.3. The fraction of sp³-hybridized carbons (Fsp3) is 0.333. The van der Waals surface area contributed by atoms with E-state index in [0.717, 1.165) is 11.5 Å². The van der Waals surface area contributed by atoms with Crippen LogP contribution >= 0.6 is 11.8 Å². The average molecular weight is 391 g/mol. The number of nitrogens with zero attached hydrogens (tertiary/aromatic N) is 1. The molecule has 0 aliphatic carbocycles. The van der Waals surface area contributed by atoms with Crippen LogP contribution < -0.4 is 10.6 Å². The third kappa shape index (κ3) is 6.78. The van der Waals surface area contributed by atoms with Gasteiger partial charge in [0.25, 0.3) is 5.91 Å². The van der Waals surface area contributed by atoms with Crippen molar-refractivity contribution in [2.24, 2.45) is 0 Å². The minimum absolute atomic E-state index is 0.159. The Morgan fingerprint density at radius 3 is 2.67 bits per heavy atom. The highest BCUT2D eigenvalue weighted by atomic mass is 32.2. The average Bonchev–Trinajstić information content (AvgIpc) is 3.08. The van der Waals surface area contributed by atoms with E-state index in [1.54, 1.807) is 25.1 Å². The number of rotatable bonds is 9. The Balaban J connectivity index is 1.86. The number of thioether (sulfide) groups is 1. The van der Waals surface area contributed by atoms with Crippen LogP contribution in [0.3, 0.4) is 0 Å². The Labute approximate surface area is 161 Å². The summed E-state index contributed by atoms with van der Waals surface area (Å²) in [6.07, 6.45) is 0. The lowest BCUT2D eigenvalue weighted by atomic mass is 10.2. The zero-order chi connectivity index (χ0) is 19.6. The van der Waals surface area contributed by atoms with Crippen LogP contribution in [0.2, 0.25) is 0 Å². The number of aryl methyl sites for hydroxylation is 1. The summed E-state index contributed by atoms with van der Waals surface area (Å²) < 4.78 is 10.1. The second-order valence-electron chi connectivity index (χ2n) is 5.52. The van der Waals surface area contributed by atoms with Gasteiger partial charge in [0, 0.05) is 23.3 Å². The normalized spacial score (nSPS) is 10.3. The lowest BCUT2D eigenvalue weighted by molar-refractivity contribution is -0.127. The highest BCUT2D eigenvalue weighted by Crippen LogP contribution is 2.26. The number of benzene rings is 1. The summed E-state index contributed by atoms with van der Waals surface area (Å²) in [6, 6.07) is 8.78. The molecule has 2 amide bonds. The van der Waals surface area contributed by atoms with Crippen molar-refractivity contribution in [1.29, 1.82) is 0 Å². The summed E-state index contributed by atoms with van der Waals surface area (Å²) in [4.78, 5) is 36.0. The first-order valence-electron chi connectivity index (χ1n) is 8.34. The summed E-state index contributed by atoms with van der Waals surface area (Å²) in [7, 11) is 0. The zero-order valence-electron chi connectivity index (χ0n) is 15.1. The first kappa shape index (κ1) is 20.5. The van der Waals surface area contributed by atoms with E-state index in [2.05, 4.69) is 15.8 Å². The zero-order valence-corrected chi connectivity index (χ0v) is 15.9. The van der Waals surface area contributed by atoms with E-state index in [-0.39, 0.29) is 12.5 Å². The van der Waals surface area contributed by atoms with E-state index in [1.807, 2.05) is 19.1 Å². The molecule has 0 spiro atoms. The number of carbonyl (C=O) groups is 3. The van der Waals surface area contributed by atoms with Gasteiger partial charge in [-0.3, -0.25) is 9.59 Å². The molecule has 1 aromatic heterocycles. The number of carbonyl (C=O) groups excluding carboxylic acids is 3. The molecule has 0 radical (unpaired) electrons. The van der Waals surface area contributed by atoms with Crippen LogP contribution in [0.25, 0.3) is 0 Å². The fourth-order valence-corrected chi connectivity index (χ4v) is 3.02. The fourth-order valence-electron chi connectivity index (χ4n) is 2.10. The molecule has 0 bridgehead atoms. The number of amides is 2. The molecule has 2 N–H and O–H groups in total. The molecular formula is C18H21N3O5S. The molecule has 9 heteroatoms. The van der Waals surface area contributed by atoms with Crippen LogP contribution in [-0.2, 0) is 20.1 Å². The molecule has 1 aromatic carbocycles. The van der Waals surface area contributed by atoms with Crippen molar-refractivity contribution < 1.29 is 23.6 Å². The van der Waals surface area contributed by atoms with Crippen molar-refractivity contribution >= 4 is 29.5 Å². The van der Waals surface area contributed by atoms with Crippen molar-refractivity contribution in [3.05, 3.63) is 47.3 Å². The molecule has 2 aromatic rings. The van der Waals surface area contributed by atoms with Crippen molar-refractivity contribution in [2.75, 3.05) is 19.7 Å². The van der Waals surface area contributed by atoms with Gasteiger partial charge in [-0.05, 0) is 26.0 Å². The van der Waals surface area contributed by atoms with Crippen LogP contribution in [0, 0.1) is 6.92 Å². The van der Waals surface area contributed by atoms with Gasteiger partial charge < -0.3 is 19.9 Å². The largest absolute Gasteiger partial charge is 0.452 e. The predicted molar refractivity (Wildman–Crippen MR) is 99.2 cm³/mol. The maximum absolute atomic E-state index is 12.3. The molecule has 0 unspecified atom stereocenters. The second kappa shape index (κ2) is 10.4. The summed E-state index contributed by atoms with van der Waals surface area (Å²) in [5.41, 5.74) is 1.13. The Hall–Kier alpha value is -2.81. The molecule has 0 atom stereocenters. The summed E-state index contributed by atoms with van der Waals surface area (Å²) >= 11 is 1.42. The molecular weight excluding hydrogens is 370 g/mol. The minimum atomic E-state index is -0.609. The number of hydrogen-bond donors (Lipinski definition) is 2. The van der Waals surface area contributed by atoms with Gasteiger partial charge in [-0.15, -0.1) is 11.8 Å². The van der Waals surface area contributed by atoms with Crippen molar-refractivity contribution in [3.63, 3.8) is 0 Å². The van der Waals surface area contributed by atoms with Gasteiger partial charge >= 0.3 is 5.97 Å². The highest BCUT2D eigenvalue weighted by Gasteiger charge is 2.15. The van der Waals surface area contributed by atoms with Gasteiger partial charge in [-0.1, -0.05) is 17.3 Å². The Kier molecular flexibility index (Phi) is 7.87. The van der Waals surface area contributed by atoms with E-state index < -0.39 is 18.5 Å². The van der Waals surface area contributed by atoms with Gasteiger partial charge in [0.05, 0.1) is 17.8 Å². The smallest absolute Gasteiger partial charge is 0.339 e. The van der Waals surface area contributed by atoms with Crippen LogP contribution in [0.1, 0.15) is 28.7 Å². The molecule has 0 saturated carbocycles. The monoisotopic (exact) mass is 391 g/mol. The van der Waals surface area contributed by atoms with E-state index >= 15 is 0 Å². The van der Waals surface area contributed by atoms with Crippen LogP contribution in [0.5, 0.6) is 0 Å². The molecule has 0 aliphatic rings. The summed E-state index contributed by atoms with van der Waals surface area (Å²) in [5.74, 6) is -0.200. The Morgan fingerprint density at radius 2 is 1.96 bits per heavy atom. The van der Waals surface area contributed by atoms with Crippen LogP contribution in [-0.4, -0.2) is 42.6 Å². The number of nitrogens with one attached hydrogen (secondary N) is 2. The number of ether oxygens (including phenoxy) is 1. The van der Waals surface area contributed by atoms with Gasteiger partial charge in [0.15, 0.2) is 6.61 Å². The van der Waals surface area contributed by atoms with E-state index in [1.165, 1.54) is 11.8 Å². The van der Waals surface area contributed by atoms with Crippen LogP contribution in [0.15, 0.2) is 39.8 Å². The SMILES string of the molecule is CCNC(=O)CNC(=O)COC(=O)c1ccccc1SCc1cc(C)on1. The number of likely N-dealkylation sites (N-methyl/N-ethyl adjacent to an activating group) is 1. The molecule has 144 valence electrons. The molecule has 0 aliphatic heterocycles. The standard InChI is InChI=1S/C18H21N3O5S/c1-3-19-16(22)9-20-17(23)10-25-18(24)14-6-4-5-7-15(14)27-11-13-8-12(2)26-21-13/h4-8H,3,9-11H2,1-2H3,(H,19,22)(H,20,23). The Morgan fingerprint density at radius 1 is 1.19 bits per heavy atom. The summed E-state index contributed by atoms with van der Waals surface area (Å²) in [5, 5.41) is 8.85. The lowest BCUT2D eigenvalue weighted by Crippen LogP contribution is -2.38. The number of hydrogen-bond acceptors (Lipinski definition) is 7. The third-order valence-corrected chi connectivity index (χ3v) is 4.42. The number of aromatic nitrogens is 1. The quantitative estimate of drug-likeness (QED) is 0.494.